The summed E-state index contributed by atoms with van der Waals surface area (Å²) in [5.41, 5.74) is 7.55. The van der Waals surface area contributed by atoms with Crippen molar-refractivity contribution in [3.8, 4) is 0 Å². The third kappa shape index (κ3) is 2.31. The van der Waals surface area contributed by atoms with E-state index < -0.39 is 0 Å². The van der Waals surface area contributed by atoms with Crippen LogP contribution in [0.15, 0.2) is 35.6 Å². The molecule has 0 spiro atoms. The van der Waals surface area contributed by atoms with Gasteiger partial charge in [0, 0.05) is 23.4 Å². The second-order valence-corrected chi connectivity index (χ2v) is 6.28. The van der Waals surface area contributed by atoms with Crippen molar-refractivity contribution in [3.05, 3.63) is 41.8 Å². The molecule has 5 nitrogen and oxygen atoms in total. The van der Waals surface area contributed by atoms with Gasteiger partial charge in [0.2, 0.25) is 5.95 Å². The van der Waals surface area contributed by atoms with Gasteiger partial charge in [-0.15, -0.1) is 10.2 Å². The van der Waals surface area contributed by atoms with E-state index in [1.165, 1.54) is 6.07 Å². The third-order valence-electron chi connectivity index (χ3n) is 3.76. The Morgan fingerprint density at radius 1 is 1.27 bits per heavy atom. The number of anilines is 1. The van der Waals surface area contributed by atoms with E-state index in [1.54, 1.807) is 36.2 Å². The van der Waals surface area contributed by atoms with Crippen LogP contribution in [-0.2, 0) is 5.75 Å². The van der Waals surface area contributed by atoms with Crippen LogP contribution in [0, 0.1) is 5.82 Å². The maximum absolute atomic E-state index is 13.8. The summed E-state index contributed by atoms with van der Waals surface area (Å²) in [7, 11) is 0. The summed E-state index contributed by atoms with van der Waals surface area (Å²) in [5.74, 6) is 0.868. The van der Waals surface area contributed by atoms with Crippen molar-refractivity contribution in [2.75, 3.05) is 5.73 Å². The van der Waals surface area contributed by atoms with Gasteiger partial charge in [-0.3, -0.25) is 9.55 Å². The van der Waals surface area contributed by atoms with Crippen LogP contribution in [0.4, 0.5) is 10.3 Å². The molecule has 0 radical (unpaired) electrons. The van der Waals surface area contributed by atoms with Gasteiger partial charge < -0.3 is 5.73 Å². The quantitative estimate of drug-likeness (QED) is 0.749. The van der Waals surface area contributed by atoms with Crippen LogP contribution < -0.4 is 5.73 Å². The number of hydrogen-bond acceptors (Lipinski definition) is 5. The summed E-state index contributed by atoms with van der Waals surface area (Å²) in [6.45, 7) is 0. The second-order valence-electron chi connectivity index (χ2n) is 5.34. The minimum absolute atomic E-state index is 0.248. The predicted octanol–water partition coefficient (Wildman–Crippen LogP) is 3.17. The van der Waals surface area contributed by atoms with Crippen molar-refractivity contribution >= 4 is 28.6 Å². The van der Waals surface area contributed by atoms with Crippen molar-refractivity contribution in [1.29, 1.82) is 0 Å². The van der Waals surface area contributed by atoms with Gasteiger partial charge in [-0.1, -0.05) is 17.8 Å². The molecule has 0 saturated heterocycles. The van der Waals surface area contributed by atoms with Gasteiger partial charge in [0.05, 0.1) is 5.52 Å². The van der Waals surface area contributed by atoms with E-state index in [0.717, 1.165) is 23.6 Å². The molecule has 1 aliphatic carbocycles. The van der Waals surface area contributed by atoms with Crippen LogP contribution in [0.3, 0.4) is 0 Å². The first-order valence-corrected chi connectivity index (χ1v) is 8.08. The molecule has 0 unspecified atom stereocenters. The maximum atomic E-state index is 13.8. The van der Waals surface area contributed by atoms with E-state index >= 15 is 0 Å². The molecule has 2 N–H and O–H groups in total. The Kier molecular flexibility index (Phi) is 3.22. The van der Waals surface area contributed by atoms with Crippen molar-refractivity contribution in [2.45, 2.75) is 29.8 Å². The summed E-state index contributed by atoms with van der Waals surface area (Å²) in [5, 5.41) is 9.47. The molecule has 0 aliphatic heterocycles. The zero-order chi connectivity index (χ0) is 15.1. The molecule has 2 heterocycles. The topological polar surface area (TPSA) is 69.6 Å². The smallest absolute Gasteiger partial charge is 0.222 e. The molecule has 2 aromatic heterocycles. The number of hydrogen-bond donors (Lipinski definition) is 1. The summed E-state index contributed by atoms with van der Waals surface area (Å²) in [4.78, 5) is 4.31. The molecule has 1 aromatic carbocycles. The maximum Gasteiger partial charge on any atom is 0.222 e. The van der Waals surface area contributed by atoms with Crippen LogP contribution in [-0.4, -0.2) is 19.7 Å². The summed E-state index contributed by atoms with van der Waals surface area (Å²) in [6, 6.07) is 7.18. The van der Waals surface area contributed by atoms with Gasteiger partial charge in [0.1, 0.15) is 5.82 Å². The Hall–Kier alpha value is -2.15. The average Bonchev–Trinajstić information content (AvgIpc) is 3.30. The number of aromatic nitrogens is 4. The molecule has 3 aromatic rings. The first-order chi connectivity index (χ1) is 10.7. The lowest BCUT2D eigenvalue weighted by atomic mass is 10.1. The fourth-order valence-electron chi connectivity index (χ4n) is 2.52. The second kappa shape index (κ2) is 5.24. The Morgan fingerprint density at radius 2 is 2.14 bits per heavy atom. The fraction of sp³-hybridized carbons (Fsp3) is 0.267. The number of thioether (sulfide) groups is 1. The number of pyridine rings is 1. The van der Waals surface area contributed by atoms with E-state index in [2.05, 4.69) is 15.2 Å². The number of benzene rings is 1. The number of fused-ring (bicyclic) bond motifs is 1. The fourth-order valence-corrected chi connectivity index (χ4v) is 3.52. The van der Waals surface area contributed by atoms with Crippen LogP contribution >= 0.6 is 11.8 Å². The van der Waals surface area contributed by atoms with E-state index in [-0.39, 0.29) is 5.82 Å². The Labute approximate surface area is 130 Å². The van der Waals surface area contributed by atoms with Crippen LogP contribution in [0.2, 0.25) is 0 Å². The number of nitrogens with zero attached hydrogens (tertiary/aromatic N) is 4. The van der Waals surface area contributed by atoms with Gasteiger partial charge in [-0.05, 0) is 36.6 Å². The van der Waals surface area contributed by atoms with Crippen molar-refractivity contribution in [2.24, 2.45) is 0 Å². The highest BCUT2D eigenvalue weighted by Gasteiger charge is 2.28. The SMILES string of the molecule is Nc1nnc(SCc2ccc(F)c3cccnc23)n1C1CC1. The third-order valence-corrected chi connectivity index (χ3v) is 4.75. The van der Waals surface area contributed by atoms with Gasteiger partial charge in [0.15, 0.2) is 5.16 Å². The lowest BCUT2D eigenvalue weighted by Crippen LogP contribution is -2.02. The normalized spacial score (nSPS) is 14.6. The molecule has 1 saturated carbocycles. The molecular formula is C15H14FN5S. The number of halogens is 1. The molecule has 112 valence electrons. The first kappa shape index (κ1) is 13.5. The predicted molar refractivity (Wildman–Crippen MR) is 84.0 cm³/mol. The van der Waals surface area contributed by atoms with Crippen LogP contribution in [0.25, 0.3) is 10.9 Å². The van der Waals surface area contributed by atoms with E-state index in [0.29, 0.717) is 28.6 Å². The van der Waals surface area contributed by atoms with Crippen molar-refractivity contribution < 1.29 is 4.39 Å². The van der Waals surface area contributed by atoms with E-state index in [4.69, 9.17) is 5.73 Å². The monoisotopic (exact) mass is 315 g/mol. The largest absolute Gasteiger partial charge is 0.368 e. The van der Waals surface area contributed by atoms with E-state index in [9.17, 15) is 4.39 Å². The molecule has 0 bridgehead atoms. The highest BCUT2D eigenvalue weighted by atomic mass is 32.2. The summed E-state index contributed by atoms with van der Waals surface area (Å²) < 4.78 is 15.8. The molecule has 1 aliphatic rings. The standard InChI is InChI=1S/C15H14FN5S/c16-12-6-3-9(13-11(12)2-1-7-18-13)8-22-15-20-19-14(17)21(15)10-4-5-10/h1-3,6-7,10H,4-5,8H2,(H2,17,19). The molecule has 0 atom stereocenters. The number of nitrogens with two attached hydrogens (primary N) is 1. The Morgan fingerprint density at radius 3 is 2.95 bits per heavy atom. The van der Waals surface area contributed by atoms with Crippen molar-refractivity contribution in [1.82, 2.24) is 19.7 Å². The Balaban J connectivity index is 1.64. The zero-order valence-corrected chi connectivity index (χ0v) is 12.6. The van der Waals surface area contributed by atoms with Crippen LogP contribution in [0.5, 0.6) is 0 Å². The highest BCUT2D eigenvalue weighted by molar-refractivity contribution is 7.98. The Bertz CT molecular complexity index is 843. The number of nitrogen functional groups attached to an aromatic ring is 1. The highest BCUT2D eigenvalue weighted by Crippen LogP contribution is 2.40. The summed E-state index contributed by atoms with van der Waals surface area (Å²) >= 11 is 1.56. The molecule has 22 heavy (non-hydrogen) atoms. The first-order valence-electron chi connectivity index (χ1n) is 7.09. The molecule has 0 amide bonds. The average molecular weight is 315 g/mol. The lowest BCUT2D eigenvalue weighted by Gasteiger charge is -2.08. The van der Waals surface area contributed by atoms with Gasteiger partial charge in [-0.25, -0.2) is 4.39 Å². The molecule has 7 heteroatoms. The van der Waals surface area contributed by atoms with E-state index in [1.807, 2.05) is 4.57 Å². The van der Waals surface area contributed by atoms with Gasteiger partial charge >= 0.3 is 0 Å². The lowest BCUT2D eigenvalue weighted by molar-refractivity contribution is 0.639. The summed E-state index contributed by atoms with van der Waals surface area (Å²) in [6.07, 6.45) is 3.92. The van der Waals surface area contributed by atoms with Crippen LogP contribution in [0.1, 0.15) is 24.4 Å². The minimum Gasteiger partial charge on any atom is -0.368 e. The molecular weight excluding hydrogens is 301 g/mol. The number of rotatable bonds is 4. The van der Waals surface area contributed by atoms with Crippen molar-refractivity contribution in [3.63, 3.8) is 0 Å². The minimum atomic E-state index is -0.248. The molecule has 4 rings (SSSR count). The van der Waals surface area contributed by atoms with Gasteiger partial charge in [0.25, 0.3) is 0 Å². The molecule has 1 fully saturated rings. The zero-order valence-electron chi connectivity index (χ0n) is 11.7. The van der Waals surface area contributed by atoms with Gasteiger partial charge in [-0.2, -0.15) is 0 Å².